The van der Waals surface area contributed by atoms with Crippen molar-refractivity contribution in [3.8, 4) is 34.1 Å². The number of hydrogen-bond donors (Lipinski definition) is 2. The molecule has 0 spiro atoms. The lowest BCUT2D eigenvalue weighted by molar-refractivity contribution is 0.454. The Kier molecular flexibility index (Phi) is 3.48. The molecule has 3 aromatic carbocycles. The maximum atomic E-state index is 10.2. The summed E-state index contributed by atoms with van der Waals surface area (Å²) in [4.78, 5) is 0. The number of para-hydroxylation sites is 2. The van der Waals surface area contributed by atoms with Crippen LogP contribution in [0.4, 0.5) is 0 Å². The average Bonchev–Trinajstić information content (AvgIpc) is 2.50. The predicted molar refractivity (Wildman–Crippen MR) is 81.7 cm³/mol. The predicted octanol–water partition coefficient (Wildman–Crippen LogP) is 4.56. The first-order chi connectivity index (χ1) is 10.3. The summed E-state index contributed by atoms with van der Waals surface area (Å²) in [7, 11) is 0. The molecule has 0 radical (unpaired) electrons. The molecule has 3 heteroatoms. The molecular weight excluding hydrogens is 264 g/mol. The Morgan fingerprint density at radius 3 is 2.05 bits per heavy atom. The quantitative estimate of drug-likeness (QED) is 0.738. The second-order valence-electron chi connectivity index (χ2n) is 4.58. The zero-order valence-corrected chi connectivity index (χ0v) is 11.2. The number of ether oxygens (including phenoxy) is 1. The minimum atomic E-state index is 0.0601. The Labute approximate surface area is 122 Å². The molecule has 104 valence electrons. The van der Waals surface area contributed by atoms with Crippen molar-refractivity contribution in [2.75, 3.05) is 0 Å². The summed E-state index contributed by atoms with van der Waals surface area (Å²) >= 11 is 0. The Bertz CT molecular complexity index is 751. The van der Waals surface area contributed by atoms with Crippen LogP contribution in [-0.4, -0.2) is 10.2 Å². The molecule has 0 atom stereocenters. The van der Waals surface area contributed by atoms with Gasteiger partial charge in [0.25, 0.3) is 0 Å². The van der Waals surface area contributed by atoms with E-state index in [-0.39, 0.29) is 11.5 Å². The first-order valence-electron chi connectivity index (χ1n) is 6.59. The van der Waals surface area contributed by atoms with E-state index < -0.39 is 0 Å². The van der Waals surface area contributed by atoms with E-state index in [0.717, 1.165) is 0 Å². The maximum absolute atomic E-state index is 10.2. The van der Waals surface area contributed by atoms with E-state index in [1.807, 2.05) is 30.3 Å². The molecule has 0 fully saturated rings. The minimum Gasteiger partial charge on any atom is -0.507 e. The van der Waals surface area contributed by atoms with Gasteiger partial charge in [0.15, 0.2) is 0 Å². The van der Waals surface area contributed by atoms with Crippen LogP contribution in [0, 0.1) is 0 Å². The highest BCUT2D eigenvalue weighted by Crippen LogP contribution is 2.43. The van der Waals surface area contributed by atoms with E-state index in [9.17, 15) is 10.2 Å². The number of phenols is 2. The Balaban J connectivity index is 2.10. The monoisotopic (exact) mass is 278 g/mol. The smallest absolute Gasteiger partial charge is 0.139 e. The van der Waals surface area contributed by atoms with Crippen LogP contribution >= 0.6 is 0 Å². The van der Waals surface area contributed by atoms with E-state index in [0.29, 0.717) is 22.6 Å². The van der Waals surface area contributed by atoms with Crippen molar-refractivity contribution in [3.63, 3.8) is 0 Å². The fourth-order valence-corrected chi connectivity index (χ4v) is 2.18. The fourth-order valence-electron chi connectivity index (χ4n) is 2.18. The van der Waals surface area contributed by atoms with E-state index in [1.54, 1.807) is 42.5 Å². The number of phenolic OH excluding ortho intramolecular Hbond substituents is 2. The zero-order valence-electron chi connectivity index (χ0n) is 11.2. The van der Waals surface area contributed by atoms with Crippen LogP contribution in [0.25, 0.3) is 11.1 Å². The molecule has 0 saturated heterocycles. The standard InChI is InChI=1S/C18H14O3/c19-15-10-5-4-9-14(15)18-16(20)11-6-12-17(18)21-13-7-2-1-3-8-13/h1-12,19-20H. The number of aromatic hydroxyl groups is 2. The molecule has 21 heavy (non-hydrogen) atoms. The van der Waals surface area contributed by atoms with Gasteiger partial charge in [-0.2, -0.15) is 0 Å². The van der Waals surface area contributed by atoms with Crippen molar-refractivity contribution in [3.05, 3.63) is 72.8 Å². The molecule has 0 aromatic heterocycles. The van der Waals surface area contributed by atoms with Crippen molar-refractivity contribution >= 4 is 0 Å². The molecule has 2 N–H and O–H groups in total. The van der Waals surface area contributed by atoms with Gasteiger partial charge in [0, 0.05) is 5.56 Å². The average molecular weight is 278 g/mol. The van der Waals surface area contributed by atoms with Gasteiger partial charge in [-0.25, -0.2) is 0 Å². The van der Waals surface area contributed by atoms with Crippen molar-refractivity contribution in [2.24, 2.45) is 0 Å². The molecule has 3 nitrogen and oxygen atoms in total. The molecular formula is C18H14O3. The van der Waals surface area contributed by atoms with Crippen LogP contribution in [0.5, 0.6) is 23.0 Å². The summed E-state index contributed by atoms with van der Waals surface area (Å²) in [6, 6.07) is 21.2. The van der Waals surface area contributed by atoms with Gasteiger partial charge in [0.1, 0.15) is 23.0 Å². The lowest BCUT2D eigenvalue weighted by Crippen LogP contribution is -1.89. The maximum Gasteiger partial charge on any atom is 0.139 e. The molecule has 3 rings (SSSR count). The normalized spacial score (nSPS) is 10.3. The van der Waals surface area contributed by atoms with Gasteiger partial charge in [-0.15, -0.1) is 0 Å². The zero-order chi connectivity index (χ0) is 14.7. The second-order valence-corrected chi connectivity index (χ2v) is 4.58. The lowest BCUT2D eigenvalue weighted by Gasteiger charge is -2.13. The Morgan fingerprint density at radius 2 is 1.29 bits per heavy atom. The number of hydrogen-bond acceptors (Lipinski definition) is 3. The Hall–Kier alpha value is -2.94. The van der Waals surface area contributed by atoms with Gasteiger partial charge in [-0.3, -0.25) is 0 Å². The third-order valence-corrected chi connectivity index (χ3v) is 3.15. The molecule has 0 aliphatic heterocycles. The van der Waals surface area contributed by atoms with E-state index >= 15 is 0 Å². The largest absolute Gasteiger partial charge is 0.507 e. The van der Waals surface area contributed by atoms with Crippen LogP contribution in [0.1, 0.15) is 0 Å². The molecule has 3 aromatic rings. The molecule has 0 heterocycles. The minimum absolute atomic E-state index is 0.0601. The SMILES string of the molecule is Oc1ccccc1-c1c(O)cccc1Oc1ccccc1. The molecule has 0 bridgehead atoms. The van der Waals surface area contributed by atoms with Gasteiger partial charge in [0.05, 0.1) is 5.56 Å². The van der Waals surface area contributed by atoms with Crippen LogP contribution in [0.2, 0.25) is 0 Å². The van der Waals surface area contributed by atoms with Gasteiger partial charge >= 0.3 is 0 Å². The number of rotatable bonds is 3. The summed E-state index contributed by atoms with van der Waals surface area (Å²) in [5.41, 5.74) is 1.00. The molecule has 0 unspecified atom stereocenters. The first-order valence-corrected chi connectivity index (χ1v) is 6.59. The van der Waals surface area contributed by atoms with Crippen molar-refractivity contribution in [2.45, 2.75) is 0 Å². The lowest BCUT2D eigenvalue weighted by atomic mass is 10.0. The summed E-state index contributed by atoms with van der Waals surface area (Å²) < 4.78 is 5.83. The van der Waals surface area contributed by atoms with E-state index in [4.69, 9.17) is 4.74 Å². The molecule has 0 saturated carbocycles. The number of benzene rings is 3. The van der Waals surface area contributed by atoms with Crippen LogP contribution in [0.15, 0.2) is 72.8 Å². The highest BCUT2D eigenvalue weighted by molar-refractivity contribution is 5.80. The van der Waals surface area contributed by atoms with Crippen LogP contribution in [-0.2, 0) is 0 Å². The van der Waals surface area contributed by atoms with Gasteiger partial charge < -0.3 is 14.9 Å². The second kappa shape index (κ2) is 5.59. The fraction of sp³-hybridized carbons (Fsp3) is 0. The summed E-state index contributed by atoms with van der Waals surface area (Å²) in [5.74, 6) is 1.31. The van der Waals surface area contributed by atoms with Crippen molar-refractivity contribution in [1.82, 2.24) is 0 Å². The van der Waals surface area contributed by atoms with Crippen molar-refractivity contribution in [1.29, 1.82) is 0 Å². The van der Waals surface area contributed by atoms with Crippen LogP contribution in [0.3, 0.4) is 0 Å². The molecule has 0 aliphatic carbocycles. The summed E-state index contributed by atoms with van der Waals surface area (Å²) in [6.45, 7) is 0. The topological polar surface area (TPSA) is 49.7 Å². The van der Waals surface area contributed by atoms with Crippen molar-refractivity contribution < 1.29 is 14.9 Å². The third kappa shape index (κ3) is 2.67. The summed E-state index contributed by atoms with van der Waals surface area (Å²) in [5, 5.41) is 20.2. The highest BCUT2D eigenvalue weighted by atomic mass is 16.5. The first kappa shape index (κ1) is 13.1. The van der Waals surface area contributed by atoms with E-state index in [2.05, 4.69) is 0 Å². The van der Waals surface area contributed by atoms with Gasteiger partial charge in [-0.05, 0) is 30.3 Å². The van der Waals surface area contributed by atoms with E-state index in [1.165, 1.54) is 0 Å². The van der Waals surface area contributed by atoms with Gasteiger partial charge in [-0.1, -0.05) is 42.5 Å². The molecule has 0 amide bonds. The Morgan fingerprint density at radius 1 is 0.619 bits per heavy atom. The van der Waals surface area contributed by atoms with Gasteiger partial charge in [0.2, 0.25) is 0 Å². The van der Waals surface area contributed by atoms with Crippen LogP contribution < -0.4 is 4.74 Å². The highest BCUT2D eigenvalue weighted by Gasteiger charge is 2.15. The summed E-state index contributed by atoms with van der Waals surface area (Å²) in [6.07, 6.45) is 0. The molecule has 0 aliphatic rings. The third-order valence-electron chi connectivity index (χ3n) is 3.15.